The first-order chi connectivity index (χ1) is 13.1. The summed E-state index contributed by atoms with van der Waals surface area (Å²) in [5, 5.41) is 7.75. The highest BCUT2D eigenvalue weighted by molar-refractivity contribution is 5.99. The number of fused-ring (bicyclic) bond motifs is 1. The van der Waals surface area contributed by atoms with Crippen molar-refractivity contribution in [1.29, 1.82) is 0 Å². The zero-order valence-electron chi connectivity index (χ0n) is 15.6. The Kier molecular flexibility index (Phi) is 4.90. The van der Waals surface area contributed by atoms with E-state index in [1.807, 2.05) is 43.3 Å². The Morgan fingerprint density at radius 1 is 1.22 bits per heavy atom. The summed E-state index contributed by atoms with van der Waals surface area (Å²) in [5.74, 6) is 1.05. The number of aromatic nitrogens is 2. The van der Waals surface area contributed by atoms with E-state index in [0.29, 0.717) is 0 Å². The molecule has 3 aromatic rings. The topological polar surface area (TPSA) is 68.5 Å². The molecule has 2 aromatic carbocycles. The van der Waals surface area contributed by atoms with Crippen LogP contribution in [-0.2, 0) is 6.54 Å². The van der Waals surface area contributed by atoms with E-state index in [1.165, 1.54) is 0 Å². The molecule has 0 saturated carbocycles. The largest absolute Gasteiger partial charge is 0.497 e. The van der Waals surface area contributed by atoms with Crippen molar-refractivity contribution in [2.24, 2.45) is 5.92 Å². The van der Waals surface area contributed by atoms with Crippen LogP contribution < -0.4 is 4.74 Å². The van der Waals surface area contributed by atoms with Gasteiger partial charge in [-0.1, -0.05) is 6.07 Å². The van der Waals surface area contributed by atoms with Crippen molar-refractivity contribution in [2.45, 2.75) is 26.3 Å². The van der Waals surface area contributed by atoms with Gasteiger partial charge in [-0.25, -0.2) is 4.63 Å². The zero-order chi connectivity index (χ0) is 18.8. The van der Waals surface area contributed by atoms with Crippen LogP contribution in [0.4, 0.5) is 0 Å². The molecule has 0 amide bonds. The van der Waals surface area contributed by atoms with E-state index in [0.717, 1.165) is 65.9 Å². The Balaban J connectivity index is 1.46. The van der Waals surface area contributed by atoms with Crippen molar-refractivity contribution in [2.75, 3.05) is 20.2 Å². The van der Waals surface area contributed by atoms with Crippen molar-refractivity contribution in [3.05, 3.63) is 53.1 Å². The van der Waals surface area contributed by atoms with E-state index in [9.17, 15) is 4.79 Å². The lowest BCUT2D eigenvalue weighted by Crippen LogP contribution is -2.38. The standard InChI is InChI=1S/C21H23N3O3/c1-14-10-17(26-2)6-7-18(14)21(25)16-4-3-9-24(13-16)12-15-5-8-19-20(11-15)23-27-22-19/h5-8,10-11,16H,3-4,9,12-13H2,1-2H3/t16-/m1/s1. The van der Waals surface area contributed by atoms with E-state index in [1.54, 1.807) is 7.11 Å². The van der Waals surface area contributed by atoms with Gasteiger partial charge in [0.05, 0.1) is 7.11 Å². The number of carbonyl (C=O) groups excluding carboxylic acids is 1. The van der Waals surface area contributed by atoms with Gasteiger partial charge in [-0.15, -0.1) is 0 Å². The molecule has 0 aliphatic carbocycles. The summed E-state index contributed by atoms with van der Waals surface area (Å²) in [6.07, 6.45) is 1.96. The van der Waals surface area contributed by atoms with Gasteiger partial charge in [0, 0.05) is 24.6 Å². The predicted octanol–water partition coefficient (Wildman–Crippen LogP) is 3.63. The molecule has 4 rings (SSSR count). The highest BCUT2D eigenvalue weighted by Gasteiger charge is 2.27. The van der Waals surface area contributed by atoms with Gasteiger partial charge in [0.2, 0.25) is 0 Å². The second kappa shape index (κ2) is 7.48. The van der Waals surface area contributed by atoms with E-state index in [-0.39, 0.29) is 11.7 Å². The lowest BCUT2D eigenvalue weighted by atomic mass is 9.88. The van der Waals surface area contributed by atoms with Gasteiger partial charge >= 0.3 is 0 Å². The summed E-state index contributed by atoms with van der Waals surface area (Å²) in [6, 6.07) is 11.7. The molecule has 1 aromatic heterocycles. The van der Waals surface area contributed by atoms with Crippen molar-refractivity contribution in [1.82, 2.24) is 15.2 Å². The van der Waals surface area contributed by atoms with Crippen LogP contribution in [0.3, 0.4) is 0 Å². The molecule has 0 radical (unpaired) electrons. The minimum Gasteiger partial charge on any atom is -0.497 e. The highest BCUT2D eigenvalue weighted by atomic mass is 16.6. The number of carbonyl (C=O) groups is 1. The van der Waals surface area contributed by atoms with Crippen LogP contribution in [0, 0.1) is 12.8 Å². The molecule has 0 bridgehead atoms. The van der Waals surface area contributed by atoms with E-state index in [4.69, 9.17) is 9.37 Å². The molecule has 6 heteroatoms. The van der Waals surface area contributed by atoms with Gasteiger partial charge in [-0.05, 0) is 78.1 Å². The molecule has 27 heavy (non-hydrogen) atoms. The van der Waals surface area contributed by atoms with E-state index in [2.05, 4.69) is 15.2 Å². The molecule has 0 N–H and O–H groups in total. The fourth-order valence-electron chi connectivity index (χ4n) is 3.86. The summed E-state index contributed by atoms with van der Waals surface area (Å²) in [7, 11) is 1.64. The van der Waals surface area contributed by atoms with Crippen LogP contribution >= 0.6 is 0 Å². The van der Waals surface area contributed by atoms with Crippen LogP contribution in [0.5, 0.6) is 5.75 Å². The van der Waals surface area contributed by atoms with Crippen LogP contribution in [0.2, 0.25) is 0 Å². The maximum absolute atomic E-state index is 13.1. The van der Waals surface area contributed by atoms with Gasteiger partial charge in [0.15, 0.2) is 5.78 Å². The Morgan fingerprint density at radius 3 is 2.89 bits per heavy atom. The minimum absolute atomic E-state index is 0.0308. The van der Waals surface area contributed by atoms with Crippen molar-refractivity contribution < 1.29 is 14.2 Å². The molecular formula is C21H23N3O3. The molecule has 1 aliphatic rings. The first kappa shape index (κ1) is 17.7. The summed E-state index contributed by atoms with van der Waals surface area (Å²) in [6.45, 7) is 4.55. The lowest BCUT2D eigenvalue weighted by molar-refractivity contribution is 0.0811. The van der Waals surface area contributed by atoms with Gasteiger partial charge in [-0.3, -0.25) is 9.69 Å². The predicted molar refractivity (Wildman–Crippen MR) is 102 cm³/mol. The first-order valence-corrected chi connectivity index (χ1v) is 9.26. The molecule has 1 aliphatic heterocycles. The number of Topliss-reactive ketones (excluding diaryl/α,β-unsaturated/α-hetero) is 1. The number of ether oxygens (including phenoxy) is 1. The molecule has 2 heterocycles. The summed E-state index contributed by atoms with van der Waals surface area (Å²) in [4.78, 5) is 15.4. The number of piperidine rings is 1. The zero-order valence-corrected chi connectivity index (χ0v) is 15.6. The number of hydrogen-bond acceptors (Lipinski definition) is 6. The Bertz CT molecular complexity index is 966. The molecule has 1 atom stereocenters. The third-order valence-corrected chi connectivity index (χ3v) is 5.30. The SMILES string of the molecule is COc1ccc(C(=O)[C@@H]2CCCN(Cc3ccc4nonc4c3)C2)c(C)c1. The monoisotopic (exact) mass is 365 g/mol. The Hall–Kier alpha value is -2.73. The fourth-order valence-corrected chi connectivity index (χ4v) is 3.86. The molecule has 1 fully saturated rings. The second-order valence-corrected chi connectivity index (χ2v) is 7.21. The maximum atomic E-state index is 13.1. The van der Waals surface area contributed by atoms with Gasteiger partial charge in [-0.2, -0.15) is 0 Å². The smallest absolute Gasteiger partial charge is 0.167 e. The number of hydrogen-bond donors (Lipinski definition) is 0. The maximum Gasteiger partial charge on any atom is 0.167 e. The summed E-state index contributed by atoms with van der Waals surface area (Å²) >= 11 is 0. The van der Waals surface area contributed by atoms with Crippen molar-refractivity contribution >= 4 is 16.8 Å². The number of nitrogens with zero attached hydrogens (tertiary/aromatic N) is 3. The molecule has 140 valence electrons. The Labute approximate surface area is 158 Å². The molecule has 6 nitrogen and oxygen atoms in total. The third-order valence-electron chi connectivity index (χ3n) is 5.30. The minimum atomic E-state index is 0.0308. The highest BCUT2D eigenvalue weighted by Crippen LogP contribution is 2.26. The number of likely N-dealkylation sites (tertiary alicyclic amines) is 1. The molecule has 1 saturated heterocycles. The lowest BCUT2D eigenvalue weighted by Gasteiger charge is -2.32. The number of ketones is 1. The molecule has 0 unspecified atom stereocenters. The number of methoxy groups -OCH3 is 1. The molecular weight excluding hydrogens is 342 g/mol. The van der Waals surface area contributed by atoms with Crippen LogP contribution in [0.1, 0.15) is 34.3 Å². The average molecular weight is 365 g/mol. The van der Waals surface area contributed by atoms with E-state index >= 15 is 0 Å². The van der Waals surface area contributed by atoms with E-state index < -0.39 is 0 Å². The number of aryl methyl sites for hydroxylation is 1. The quantitative estimate of drug-likeness (QED) is 0.643. The van der Waals surface area contributed by atoms with Crippen LogP contribution in [0.15, 0.2) is 41.0 Å². The van der Waals surface area contributed by atoms with Gasteiger partial charge in [0.1, 0.15) is 16.8 Å². The van der Waals surface area contributed by atoms with Gasteiger partial charge < -0.3 is 4.74 Å². The first-order valence-electron chi connectivity index (χ1n) is 9.26. The Morgan fingerprint density at radius 2 is 2.07 bits per heavy atom. The third kappa shape index (κ3) is 3.71. The summed E-state index contributed by atoms with van der Waals surface area (Å²) < 4.78 is 10.0. The molecule has 0 spiro atoms. The average Bonchev–Trinajstić information content (AvgIpc) is 3.15. The number of benzene rings is 2. The fraction of sp³-hybridized carbons (Fsp3) is 0.381. The van der Waals surface area contributed by atoms with Gasteiger partial charge in [0.25, 0.3) is 0 Å². The van der Waals surface area contributed by atoms with Crippen molar-refractivity contribution in [3.63, 3.8) is 0 Å². The van der Waals surface area contributed by atoms with Crippen molar-refractivity contribution in [3.8, 4) is 5.75 Å². The van der Waals surface area contributed by atoms with Crippen LogP contribution in [0.25, 0.3) is 11.0 Å². The number of rotatable bonds is 5. The summed E-state index contributed by atoms with van der Waals surface area (Å²) in [5.41, 5.74) is 4.47. The van der Waals surface area contributed by atoms with Crippen LogP contribution in [-0.4, -0.2) is 41.2 Å². The second-order valence-electron chi connectivity index (χ2n) is 7.21. The normalized spacial score (nSPS) is 17.9.